The molecule has 1 heterocycles. The van der Waals surface area contributed by atoms with Crippen LogP contribution in [0, 0.1) is 0 Å². The molecule has 3 rings (SSSR count). The lowest BCUT2D eigenvalue weighted by molar-refractivity contribution is -0.0911. The maximum atomic E-state index is 10.4. The first-order valence-corrected chi connectivity index (χ1v) is 11.9. The van der Waals surface area contributed by atoms with Crippen molar-refractivity contribution in [3.05, 3.63) is 62.0 Å². The first-order valence-electron chi connectivity index (χ1n) is 9.37. The van der Waals surface area contributed by atoms with E-state index in [1.165, 1.54) is 5.56 Å². The number of rotatable bonds is 6. The van der Waals surface area contributed by atoms with E-state index in [0.717, 1.165) is 33.8 Å². The second-order valence-electron chi connectivity index (χ2n) is 7.04. The molecule has 0 amide bonds. The SMILES string of the molecule is CCc1ccc(Cc2cc(Br)cc(Br)c2OC2SC(CO)C(O)C(O)C2O)cc1. The van der Waals surface area contributed by atoms with Gasteiger partial charge in [-0.3, -0.25) is 0 Å². The van der Waals surface area contributed by atoms with Crippen molar-refractivity contribution in [2.24, 2.45) is 0 Å². The molecule has 1 aliphatic rings. The zero-order valence-electron chi connectivity index (χ0n) is 15.8. The number of benzene rings is 2. The lowest BCUT2D eigenvalue weighted by Crippen LogP contribution is -2.55. The van der Waals surface area contributed by atoms with E-state index >= 15 is 0 Å². The van der Waals surface area contributed by atoms with Crippen LogP contribution in [0.15, 0.2) is 45.3 Å². The van der Waals surface area contributed by atoms with Gasteiger partial charge in [-0.1, -0.05) is 47.1 Å². The number of aliphatic hydroxyl groups excluding tert-OH is 4. The predicted octanol–water partition coefficient (Wildman–Crippen LogP) is 3.26. The molecule has 8 heteroatoms. The van der Waals surface area contributed by atoms with E-state index in [-0.39, 0.29) is 6.61 Å². The zero-order valence-corrected chi connectivity index (χ0v) is 19.8. The van der Waals surface area contributed by atoms with Crippen LogP contribution in [0.3, 0.4) is 0 Å². The van der Waals surface area contributed by atoms with Crippen molar-refractivity contribution in [2.75, 3.05) is 6.61 Å². The minimum absolute atomic E-state index is 0.326. The van der Waals surface area contributed by atoms with Gasteiger partial charge in [-0.25, -0.2) is 0 Å². The summed E-state index contributed by atoms with van der Waals surface area (Å²) in [5.74, 6) is 0.560. The lowest BCUT2D eigenvalue weighted by Gasteiger charge is -2.39. The topological polar surface area (TPSA) is 90.2 Å². The molecule has 5 atom stereocenters. The van der Waals surface area contributed by atoms with Crippen molar-refractivity contribution in [3.8, 4) is 5.75 Å². The second-order valence-corrected chi connectivity index (χ2v) is 10.2. The summed E-state index contributed by atoms with van der Waals surface area (Å²) in [6, 6.07) is 12.2. The predicted molar refractivity (Wildman–Crippen MR) is 121 cm³/mol. The van der Waals surface area contributed by atoms with Gasteiger partial charge in [0.25, 0.3) is 0 Å². The van der Waals surface area contributed by atoms with Gasteiger partial charge in [-0.2, -0.15) is 0 Å². The Morgan fingerprint density at radius 2 is 1.62 bits per heavy atom. The van der Waals surface area contributed by atoms with Gasteiger partial charge in [0.1, 0.15) is 18.0 Å². The van der Waals surface area contributed by atoms with Crippen molar-refractivity contribution in [1.29, 1.82) is 0 Å². The summed E-state index contributed by atoms with van der Waals surface area (Å²) in [4.78, 5) is 0. The number of aryl methyl sites for hydroxylation is 1. The Kier molecular flexibility index (Phi) is 8.06. The van der Waals surface area contributed by atoms with E-state index in [1.807, 2.05) is 12.1 Å². The van der Waals surface area contributed by atoms with Gasteiger partial charge in [0.2, 0.25) is 0 Å². The quantitative estimate of drug-likeness (QED) is 0.444. The van der Waals surface area contributed by atoms with Crippen LogP contribution in [0.4, 0.5) is 0 Å². The summed E-state index contributed by atoms with van der Waals surface area (Å²) in [5, 5.41) is 39.4. The maximum Gasteiger partial charge on any atom is 0.173 e. The van der Waals surface area contributed by atoms with Crippen LogP contribution < -0.4 is 4.74 Å². The number of hydrogen-bond donors (Lipinski definition) is 4. The first kappa shape index (κ1) is 23.1. The summed E-state index contributed by atoms with van der Waals surface area (Å²) in [7, 11) is 0. The highest BCUT2D eigenvalue weighted by molar-refractivity contribution is 9.11. The van der Waals surface area contributed by atoms with Crippen LogP contribution in [-0.2, 0) is 12.8 Å². The molecule has 1 saturated heterocycles. The maximum absolute atomic E-state index is 10.4. The van der Waals surface area contributed by atoms with Crippen molar-refractivity contribution in [1.82, 2.24) is 0 Å². The molecule has 0 aromatic heterocycles. The zero-order chi connectivity index (χ0) is 21.1. The molecule has 1 aliphatic heterocycles. The van der Waals surface area contributed by atoms with E-state index in [2.05, 4.69) is 63.0 Å². The third kappa shape index (κ3) is 5.36. The Hall–Kier alpha value is -0.610. The van der Waals surface area contributed by atoms with Crippen molar-refractivity contribution in [2.45, 2.75) is 48.8 Å². The van der Waals surface area contributed by atoms with E-state index in [0.29, 0.717) is 16.6 Å². The fourth-order valence-corrected chi connectivity index (χ4v) is 5.90. The van der Waals surface area contributed by atoms with Crippen molar-refractivity contribution >= 4 is 43.6 Å². The molecule has 5 unspecified atom stereocenters. The van der Waals surface area contributed by atoms with Crippen molar-refractivity contribution < 1.29 is 25.2 Å². The molecule has 0 saturated carbocycles. The molecule has 158 valence electrons. The molecule has 1 fully saturated rings. The van der Waals surface area contributed by atoms with Gasteiger partial charge in [0.15, 0.2) is 5.44 Å². The Labute approximate surface area is 191 Å². The molecule has 0 bridgehead atoms. The second kappa shape index (κ2) is 10.1. The van der Waals surface area contributed by atoms with Crippen LogP contribution in [-0.4, -0.2) is 56.0 Å². The molecular formula is C21H24Br2O5S. The third-order valence-corrected chi connectivity index (χ3v) is 7.46. The average molecular weight is 548 g/mol. The average Bonchev–Trinajstić information content (AvgIpc) is 2.71. The molecule has 29 heavy (non-hydrogen) atoms. The molecule has 2 aromatic rings. The summed E-state index contributed by atoms with van der Waals surface area (Å²) in [5.41, 5.74) is 2.47. The molecule has 0 radical (unpaired) electrons. The Morgan fingerprint density at radius 1 is 0.966 bits per heavy atom. The number of hydrogen-bond acceptors (Lipinski definition) is 6. The van der Waals surface area contributed by atoms with Gasteiger partial charge in [0, 0.05) is 16.5 Å². The van der Waals surface area contributed by atoms with E-state index in [1.54, 1.807) is 0 Å². The molecular weight excluding hydrogens is 524 g/mol. The minimum Gasteiger partial charge on any atom is -0.475 e. The Morgan fingerprint density at radius 3 is 2.24 bits per heavy atom. The lowest BCUT2D eigenvalue weighted by atomic mass is 10.0. The van der Waals surface area contributed by atoms with Gasteiger partial charge in [-0.15, -0.1) is 11.8 Å². The number of ether oxygens (including phenoxy) is 1. The van der Waals surface area contributed by atoms with Crippen LogP contribution in [0.25, 0.3) is 0 Å². The molecule has 5 nitrogen and oxygen atoms in total. The van der Waals surface area contributed by atoms with Crippen LogP contribution in [0.2, 0.25) is 0 Å². The van der Waals surface area contributed by atoms with Crippen molar-refractivity contribution in [3.63, 3.8) is 0 Å². The van der Waals surface area contributed by atoms with Gasteiger partial charge in [-0.05, 0) is 45.6 Å². The summed E-state index contributed by atoms with van der Waals surface area (Å²) >= 11 is 8.16. The summed E-state index contributed by atoms with van der Waals surface area (Å²) < 4.78 is 7.71. The van der Waals surface area contributed by atoms with Gasteiger partial charge in [0.05, 0.1) is 22.4 Å². The Bertz CT molecular complexity index is 831. The Balaban J connectivity index is 1.88. The molecule has 0 spiro atoms. The highest BCUT2D eigenvalue weighted by Crippen LogP contribution is 2.40. The number of aliphatic hydroxyl groups is 4. The van der Waals surface area contributed by atoms with E-state index in [4.69, 9.17) is 4.74 Å². The normalized spacial score (nSPS) is 27.1. The fourth-order valence-electron chi connectivity index (χ4n) is 3.27. The smallest absolute Gasteiger partial charge is 0.173 e. The summed E-state index contributed by atoms with van der Waals surface area (Å²) in [6.07, 6.45) is -2.29. The highest BCUT2D eigenvalue weighted by Gasteiger charge is 2.44. The fraction of sp³-hybridized carbons (Fsp3) is 0.429. The number of halogens is 2. The third-order valence-electron chi connectivity index (χ3n) is 4.99. The monoisotopic (exact) mass is 546 g/mol. The highest BCUT2D eigenvalue weighted by atomic mass is 79.9. The molecule has 2 aromatic carbocycles. The standard InChI is InChI=1S/C21H24Br2O5S/c1-2-11-3-5-12(6-4-11)7-13-8-14(22)9-15(23)20(13)28-21-19(27)18(26)17(25)16(10-24)29-21/h3-6,8-9,16-19,21,24-27H,2,7,10H2,1H3. The van der Waals surface area contributed by atoms with Crippen LogP contribution in [0.1, 0.15) is 23.6 Å². The van der Waals surface area contributed by atoms with E-state index < -0.39 is 29.0 Å². The number of thioether (sulfide) groups is 1. The summed E-state index contributed by atoms with van der Waals surface area (Å²) in [6.45, 7) is 1.79. The first-order chi connectivity index (χ1) is 13.8. The largest absolute Gasteiger partial charge is 0.475 e. The van der Waals surface area contributed by atoms with E-state index in [9.17, 15) is 20.4 Å². The van der Waals surface area contributed by atoms with Crippen LogP contribution >= 0.6 is 43.6 Å². The molecule has 0 aliphatic carbocycles. The van der Waals surface area contributed by atoms with Gasteiger partial charge >= 0.3 is 0 Å². The van der Waals surface area contributed by atoms with Crippen LogP contribution in [0.5, 0.6) is 5.75 Å². The molecule has 4 N–H and O–H groups in total. The minimum atomic E-state index is -1.39. The van der Waals surface area contributed by atoms with Gasteiger partial charge < -0.3 is 25.2 Å².